The van der Waals surface area contributed by atoms with Gasteiger partial charge in [0.15, 0.2) is 0 Å². The van der Waals surface area contributed by atoms with E-state index in [0.29, 0.717) is 24.3 Å². The average Bonchev–Trinajstić information content (AvgIpc) is 3.09. The Kier molecular flexibility index (Phi) is 6.30. The lowest BCUT2D eigenvalue weighted by atomic mass is 9.86. The zero-order valence-electron chi connectivity index (χ0n) is 15.0. The van der Waals surface area contributed by atoms with E-state index in [1.54, 1.807) is 7.11 Å². The molecule has 2 fully saturated rings. The molecule has 5 heteroatoms. The summed E-state index contributed by atoms with van der Waals surface area (Å²) in [5.41, 5.74) is 0. The predicted molar refractivity (Wildman–Crippen MR) is 93.9 cm³/mol. The van der Waals surface area contributed by atoms with Crippen LogP contribution in [0.15, 0.2) is 12.4 Å². The monoisotopic (exact) mass is 333 g/mol. The first-order valence-corrected chi connectivity index (χ1v) is 9.55. The van der Waals surface area contributed by atoms with Crippen LogP contribution >= 0.6 is 0 Å². The highest BCUT2D eigenvalue weighted by Gasteiger charge is 2.28. The first kappa shape index (κ1) is 17.5. The molecule has 134 valence electrons. The molecule has 1 aromatic rings. The maximum atomic E-state index is 12.7. The lowest BCUT2D eigenvalue weighted by molar-refractivity contribution is -0.133. The smallest absolute Gasteiger partial charge is 0.222 e. The number of carbonyl (C=O) groups is 1. The van der Waals surface area contributed by atoms with E-state index in [0.717, 1.165) is 44.7 Å². The zero-order chi connectivity index (χ0) is 16.8. The molecule has 2 aliphatic rings. The van der Waals surface area contributed by atoms with Crippen LogP contribution in [0.1, 0.15) is 63.1 Å². The second-order valence-corrected chi connectivity index (χ2v) is 7.36. The molecule has 0 bridgehead atoms. The van der Waals surface area contributed by atoms with Crippen LogP contribution in [-0.2, 0) is 16.1 Å². The van der Waals surface area contributed by atoms with Crippen LogP contribution in [0.3, 0.4) is 0 Å². The molecule has 3 rings (SSSR count). The van der Waals surface area contributed by atoms with Gasteiger partial charge in [0, 0.05) is 51.5 Å². The third-order valence-corrected chi connectivity index (χ3v) is 5.61. The summed E-state index contributed by atoms with van der Waals surface area (Å²) in [6, 6.07) is 0. The molecule has 2 heterocycles. The van der Waals surface area contributed by atoms with Crippen molar-refractivity contribution in [2.75, 3.05) is 26.8 Å². The maximum Gasteiger partial charge on any atom is 0.222 e. The van der Waals surface area contributed by atoms with E-state index in [4.69, 9.17) is 4.74 Å². The van der Waals surface area contributed by atoms with Gasteiger partial charge in [0.2, 0.25) is 5.91 Å². The van der Waals surface area contributed by atoms with Crippen LogP contribution in [0.25, 0.3) is 0 Å². The van der Waals surface area contributed by atoms with Gasteiger partial charge >= 0.3 is 0 Å². The maximum absolute atomic E-state index is 12.7. The second kappa shape index (κ2) is 8.65. The van der Waals surface area contributed by atoms with E-state index in [2.05, 4.69) is 14.5 Å². The Labute approximate surface area is 145 Å². The van der Waals surface area contributed by atoms with Crippen molar-refractivity contribution in [3.05, 3.63) is 18.2 Å². The molecule has 0 aromatic carbocycles. The average molecular weight is 333 g/mol. The van der Waals surface area contributed by atoms with Crippen molar-refractivity contribution in [2.45, 2.75) is 63.8 Å². The molecule has 1 unspecified atom stereocenters. The number of ether oxygens (including phenoxy) is 1. The number of aromatic nitrogens is 2. The van der Waals surface area contributed by atoms with E-state index in [-0.39, 0.29) is 0 Å². The van der Waals surface area contributed by atoms with Gasteiger partial charge in [-0.2, -0.15) is 0 Å². The molecule has 1 saturated heterocycles. The Bertz CT molecular complexity index is 522. The summed E-state index contributed by atoms with van der Waals surface area (Å²) in [7, 11) is 1.73. The van der Waals surface area contributed by atoms with Gasteiger partial charge in [0.05, 0.1) is 6.61 Å². The number of hydrogen-bond donors (Lipinski definition) is 0. The van der Waals surface area contributed by atoms with Gasteiger partial charge in [-0.15, -0.1) is 0 Å². The Morgan fingerprint density at radius 1 is 1.25 bits per heavy atom. The van der Waals surface area contributed by atoms with E-state index in [9.17, 15) is 4.79 Å². The standard InChI is InChI=1S/C19H31N3O2/c1-24-13-12-21-11-9-20-19(21)17-8-5-10-22(15-17)18(23)14-16-6-3-2-4-7-16/h9,11,16-17H,2-8,10,12-15H2,1H3. The summed E-state index contributed by atoms with van der Waals surface area (Å²) < 4.78 is 7.37. The largest absolute Gasteiger partial charge is 0.383 e. The molecule has 1 atom stereocenters. The fraction of sp³-hybridized carbons (Fsp3) is 0.789. The Hall–Kier alpha value is -1.36. The third kappa shape index (κ3) is 4.38. The van der Waals surface area contributed by atoms with Crippen molar-refractivity contribution in [3.8, 4) is 0 Å². The molecule has 1 aliphatic carbocycles. The molecule has 0 radical (unpaired) electrons. The first-order chi connectivity index (χ1) is 11.8. The van der Waals surface area contributed by atoms with Crippen LogP contribution in [0, 0.1) is 5.92 Å². The van der Waals surface area contributed by atoms with E-state index in [1.165, 1.54) is 32.1 Å². The first-order valence-electron chi connectivity index (χ1n) is 9.55. The summed E-state index contributed by atoms with van der Waals surface area (Å²) in [5, 5.41) is 0. The quantitative estimate of drug-likeness (QED) is 0.803. The number of piperidine rings is 1. The number of imidazole rings is 1. The van der Waals surface area contributed by atoms with Crippen molar-refractivity contribution in [2.24, 2.45) is 5.92 Å². The lowest BCUT2D eigenvalue weighted by Gasteiger charge is -2.34. The number of hydrogen-bond acceptors (Lipinski definition) is 3. The summed E-state index contributed by atoms with van der Waals surface area (Å²) in [4.78, 5) is 19.4. The Balaban J connectivity index is 1.57. The minimum atomic E-state index is 0.362. The SMILES string of the molecule is COCCn1ccnc1C1CCCN(C(=O)CC2CCCCC2)C1. The number of methoxy groups -OCH3 is 1. The molecular weight excluding hydrogens is 302 g/mol. The van der Waals surface area contributed by atoms with E-state index >= 15 is 0 Å². The zero-order valence-corrected chi connectivity index (χ0v) is 15.0. The van der Waals surface area contributed by atoms with Crippen molar-refractivity contribution in [1.29, 1.82) is 0 Å². The Morgan fingerprint density at radius 2 is 2.08 bits per heavy atom. The summed E-state index contributed by atoms with van der Waals surface area (Å²) in [5.74, 6) is 2.46. The second-order valence-electron chi connectivity index (χ2n) is 7.36. The van der Waals surface area contributed by atoms with Gasteiger partial charge in [-0.25, -0.2) is 4.98 Å². The minimum absolute atomic E-state index is 0.362. The van der Waals surface area contributed by atoms with Crippen molar-refractivity contribution >= 4 is 5.91 Å². The molecule has 5 nitrogen and oxygen atoms in total. The minimum Gasteiger partial charge on any atom is -0.383 e. The van der Waals surface area contributed by atoms with E-state index in [1.807, 2.05) is 12.4 Å². The lowest BCUT2D eigenvalue weighted by Crippen LogP contribution is -2.40. The molecule has 24 heavy (non-hydrogen) atoms. The normalized spacial score (nSPS) is 22.7. The van der Waals surface area contributed by atoms with Gasteiger partial charge in [0.25, 0.3) is 0 Å². The number of nitrogens with zero attached hydrogens (tertiary/aromatic N) is 3. The van der Waals surface area contributed by atoms with Crippen LogP contribution in [0.4, 0.5) is 0 Å². The molecule has 1 amide bonds. The van der Waals surface area contributed by atoms with Crippen molar-refractivity contribution in [3.63, 3.8) is 0 Å². The van der Waals surface area contributed by atoms with Gasteiger partial charge in [-0.3, -0.25) is 4.79 Å². The summed E-state index contributed by atoms with van der Waals surface area (Å²) >= 11 is 0. The number of carbonyl (C=O) groups excluding carboxylic acids is 1. The summed E-state index contributed by atoms with van der Waals surface area (Å²) in [6.45, 7) is 3.27. The predicted octanol–water partition coefficient (Wildman–Crippen LogP) is 3.21. The number of rotatable bonds is 6. The van der Waals surface area contributed by atoms with Crippen molar-refractivity contribution in [1.82, 2.24) is 14.5 Å². The van der Waals surface area contributed by atoms with Crippen LogP contribution in [0.5, 0.6) is 0 Å². The third-order valence-electron chi connectivity index (χ3n) is 5.61. The van der Waals surface area contributed by atoms with E-state index < -0.39 is 0 Å². The molecule has 1 aromatic heterocycles. The number of likely N-dealkylation sites (tertiary alicyclic amines) is 1. The fourth-order valence-corrected chi connectivity index (χ4v) is 4.24. The molecule has 1 aliphatic heterocycles. The van der Waals surface area contributed by atoms with Crippen LogP contribution in [-0.4, -0.2) is 47.2 Å². The fourth-order valence-electron chi connectivity index (χ4n) is 4.24. The highest BCUT2D eigenvalue weighted by atomic mass is 16.5. The molecule has 0 spiro atoms. The highest BCUT2D eigenvalue weighted by Crippen LogP contribution is 2.30. The number of amides is 1. The molecule has 1 saturated carbocycles. The molecule has 0 N–H and O–H groups in total. The topological polar surface area (TPSA) is 47.4 Å². The van der Waals surface area contributed by atoms with Crippen LogP contribution < -0.4 is 0 Å². The van der Waals surface area contributed by atoms with Gasteiger partial charge in [-0.05, 0) is 31.6 Å². The van der Waals surface area contributed by atoms with Crippen LogP contribution in [0.2, 0.25) is 0 Å². The van der Waals surface area contributed by atoms with Gasteiger partial charge < -0.3 is 14.2 Å². The summed E-state index contributed by atoms with van der Waals surface area (Å²) in [6.07, 6.45) is 13.3. The Morgan fingerprint density at radius 3 is 2.88 bits per heavy atom. The highest BCUT2D eigenvalue weighted by molar-refractivity contribution is 5.76. The molecular formula is C19H31N3O2. The van der Waals surface area contributed by atoms with Gasteiger partial charge in [-0.1, -0.05) is 19.3 Å². The van der Waals surface area contributed by atoms with Gasteiger partial charge in [0.1, 0.15) is 5.82 Å². The van der Waals surface area contributed by atoms with Crippen molar-refractivity contribution < 1.29 is 9.53 Å².